The fourth-order valence-corrected chi connectivity index (χ4v) is 21.6. The second kappa shape index (κ2) is 35.3. The number of methoxy groups -OCH3 is 2. The fraction of sp³-hybridized carbons (Fsp3) is 0.591. The van der Waals surface area contributed by atoms with E-state index in [0.717, 1.165) is 32.5 Å². The van der Waals surface area contributed by atoms with Crippen LogP contribution in [0.15, 0.2) is 118 Å². The average Bonchev–Trinajstić information content (AvgIpc) is 1.11. The number of aliphatic hydroxyl groups excluding tert-OH is 2. The lowest BCUT2D eigenvalue weighted by Crippen LogP contribution is -2.82. The number of carbonyl (C=O) groups is 12. The molecule has 2 saturated heterocycles. The van der Waals surface area contributed by atoms with Crippen LogP contribution in [0.5, 0.6) is 0 Å². The number of hydrogen-bond acceptors (Lipinski definition) is 32. The van der Waals surface area contributed by atoms with E-state index in [4.69, 9.17) is 66.3 Å². The van der Waals surface area contributed by atoms with Gasteiger partial charge in [-0.25, -0.2) is 33.6 Å². The molecule has 6 N–H and O–H groups in total. The van der Waals surface area contributed by atoms with Crippen LogP contribution in [0.25, 0.3) is 0 Å². The molecule has 12 rings (SSSR count). The molecule has 2 aromatic heterocycles. The Kier molecular flexibility index (Phi) is 27.4. The van der Waals surface area contributed by atoms with Gasteiger partial charge in [0.15, 0.2) is 23.1 Å². The smallest absolute Gasteiger partial charge is 0.457 e. The molecule has 35 heteroatoms. The summed E-state index contributed by atoms with van der Waals surface area (Å²) in [6.45, 7) is 27.8. The number of nitrogens with one attached hydrogen (secondary N) is 2. The Bertz CT molecular complexity index is 4460. The molecule has 123 heavy (non-hydrogen) atoms. The first kappa shape index (κ1) is 95.5. The molecule has 6 fully saturated rings. The van der Waals surface area contributed by atoms with Crippen LogP contribution < -0.4 is 10.6 Å². The van der Waals surface area contributed by atoms with Crippen LogP contribution in [0, 0.1) is 45.3 Å². The molecule has 4 saturated carbocycles. The molecular weight excluding hydrogens is 1650 g/mol. The van der Waals surface area contributed by atoms with Gasteiger partial charge in [0.2, 0.25) is 0 Å². The third-order valence-corrected chi connectivity index (χ3v) is 27.8. The minimum absolute atomic E-state index is 0. The normalized spacial score (nSPS) is 32.2. The molecule has 32 nitrogen and oxygen atoms in total. The summed E-state index contributed by atoms with van der Waals surface area (Å²) in [6.07, 6.45) is -20.3. The highest BCUT2D eigenvalue weighted by Gasteiger charge is 2.81. The number of rotatable bonds is 18. The van der Waals surface area contributed by atoms with Crippen LogP contribution in [0.4, 0.5) is 23.9 Å². The summed E-state index contributed by atoms with van der Waals surface area (Å²) in [6, 6.07) is 20.4. The predicted octanol–water partition coefficient (Wildman–Crippen LogP) is 10.9. The van der Waals surface area contributed by atoms with Gasteiger partial charge in [-0.05, 0) is 146 Å². The lowest BCUT2D eigenvalue weighted by atomic mass is 9.43. The van der Waals surface area contributed by atoms with Gasteiger partial charge >= 0.3 is 60.3 Å². The lowest BCUT2D eigenvalue weighted by molar-refractivity contribution is -0.346. The van der Waals surface area contributed by atoms with Crippen molar-refractivity contribution in [1.29, 1.82) is 0 Å². The zero-order valence-corrected chi connectivity index (χ0v) is 74.0. The number of carbonyl (C=O) groups excluding carboxylic acids is 12. The van der Waals surface area contributed by atoms with Gasteiger partial charge in [0.25, 0.3) is 0 Å². The van der Waals surface area contributed by atoms with Gasteiger partial charge in [-0.1, -0.05) is 83.1 Å². The molecular formula is C88H111FN2O30S2. The summed E-state index contributed by atoms with van der Waals surface area (Å²) in [7, 11) is 2.19. The molecule has 0 spiro atoms. The van der Waals surface area contributed by atoms with E-state index in [1.807, 2.05) is 5.38 Å². The fourth-order valence-electron chi connectivity index (χ4n) is 20.0. The summed E-state index contributed by atoms with van der Waals surface area (Å²) in [5, 5.41) is 60.2. The van der Waals surface area contributed by atoms with E-state index < -0.39 is 230 Å². The Morgan fingerprint density at radius 1 is 0.537 bits per heavy atom. The largest absolute Gasteiger partial charge is 0.508 e. The number of Topliss-reactive ketones (excluding diaryl/α,β-unsaturated/α-hetero) is 2. The zero-order valence-electron chi connectivity index (χ0n) is 72.3. The van der Waals surface area contributed by atoms with E-state index in [9.17, 15) is 68.4 Å². The Morgan fingerprint density at radius 3 is 1.29 bits per heavy atom. The molecule has 6 aliphatic carbocycles. The van der Waals surface area contributed by atoms with Crippen molar-refractivity contribution in [2.75, 3.05) is 27.4 Å². The summed E-state index contributed by atoms with van der Waals surface area (Å²) in [4.78, 5) is 167. The number of alkyl carbamates (subject to hydrolysis) is 2. The highest BCUT2D eigenvalue weighted by molar-refractivity contribution is 7.10. The number of aliphatic hydroxyl groups is 4. The van der Waals surface area contributed by atoms with Crippen molar-refractivity contribution in [3.63, 3.8) is 0 Å². The zero-order chi connectivity index (χ0) is 90.1. The van der Waals surface area contributed by atoms with Crippen LogP contribution in [-0.4, -0.2) is 214 Å². The highest BCUT2D eigenvalue weighted by Crippen LogP contribution is 2.68. The predicted molar refractivity (Wildman–Crippen MR) is 434 cm³/mol. The number of thiophene rings is 2. The Hall–Kier alpha value is -9.75. The Morgan fingerprint density at radius 2 is 0.919 bits per heavy atom. The summed E-state index contributed by atoms with van der Waals surface area (Å²) < 4.78 is 81.6. The van der Waals surface area contributed by atoms with Gasteiger partial charge in [-0.2, -0.15) is 0 Å². The number of benzene rings is 2. The molecule has 0 radical (unpaired) electrons. The van der Waals surface area contributed by atoms with Crippen LogP contribution in [0.1, 0.15) is 193 Å². The number of amides is 2. The van der Waals surface area contributed by atoms with Crippen molar-refractivity contribution < 1.29 is 149 Å². The molecule has 2 aliphatic heterocycles. The van der Waals surface area contributed by atoms with Crippen molar-refractivity contribution in [3.8, 4) is 0 Å². The maximum Gasteiger partial charge on any atom is 0.508 e. The van der Waals surface area contributed by atoms with Gasteiger partial charge in [0, 0.05) is 66.0 Å². The number of ether oxygens (including phenoxy) is 14. The van der Waals surface area contributed by atoms with Crippen molar-refractivity contribution in [1.82, 2.24) is 10.6 Å². The maximum atomic E-state index is 15.6. The molecule has 2 aromatic carbocycles. The third kappa shape index (κ3) is 17.4. The van der Waals surface area contributed by atoms with Gasteiger partial charge < -0.3 is 97.4 Å². The molecule has 672 valence electrons. The molecule has 8 aliphatic rings. The van der Waals surface area contributed by atoms with Crippen LogP contribution in [-0.2, 0) is 95.1 Å². The van der Waals surface area contributed by atoms with Crippen LogP contribution in [0.3, 0.4) is 0 Å². The second-order valence-corrected chi connectivity index (χ2v) is 38.1. The molecule has 4 heterocycles. The first-order chi connectivity index (χ1) is 56.8. The summed E-state index contributed by atoms with van der Waals surface area (Å²) >= 11 is 2.47. The number of ketones is 2. The van der Waals surface area contributed by atoms with E-state index in [1.54, 1.807) is 149 Å². The monoisotopic (exact) mass is 1760 g/mol. The van der Waals surface area contributed by atoms with E-state index in [0.29, 0.717) is 20.9 Å². The maximum absolute atomic E-state index is 15.6. The molecule has 2 unspecified atom stereocenters. The molecule has 22 atom stereocenters. The number of fused-ring (bicyclic) bond motifs is 10. The number of halogens is 1. The van der Waals surface area contributed by atoms with Gasteiger partial charge in [-0.3, -0.25) is 28.7 Å². The number of hydrogen-bond donors (Lipinski definition) is 6. The van der Waals surface area contributed by atoms with Gasteiger partial charge in [0.1, 0.15) is 89.2 Å². The highest BCUT2D eigenvalue weighted by atomic mass is 32.1. The van der Waals surface area contributed by atoms with Crippen molar-refractivity contribution in [2.45, 2.75) is 257 Å². The van der Waals surface area contributed by atoms with E-state index in [2.05, 4.69) is 10.6 Å². The summed E-state index contributed by atoms with van der Waals surface area (Å²) in [5.41, 5.74) is -15.7. The second-order valence-electron chi connectivity index (χ2n) is 36.1. The minimum Gasteiger partial charge on any atom is -0.457 e. The molecule has 4 bridgehead atoms. The standard InChI is InChI=1S/C45H57NO14S.C43H53NO16S.FH/c1-23-28(56-37(49)25(3)33(29-18-15-19-61-29)46-39(51)60-41(5,6)7)21-45(53)36(58-38(50)27-16-13-12-14-17-27)34-43(10,35(48)24(2)32(23)42(45,8)9)30(57-40(52)54-11)20-31-44(34,22-55-31)59-26(4)47;1-21-24(56-36(50)31(47)29(25-16-13-17-61-25)44-37(51)60-39(3,4)5)19-43(53)34(58-35(49)23-14-11-10-12-15-23)32-41(8,33(48)30(46)28(21)40(43,6)7)26(57-38(52)54-9)18-27-42(32,20-55-27)59-22(2)45;/h12-19,24-25,28,30-31,33-34,36,53H,20-22H2,1-11H3,(H,46,51);10-17,24,26-27,29-32,34,46-47,53H,18-20H2,1-9H3,(H,44,51);1H/t24-,25-,28+,30+,31-,33-,34?,36+,43-,44+,45-;24-,26-,27+,29-,30+,31+,32?,34-,41+,42-,43+;/m10./s1. The van der Waals surface area contributed by atoms with Gasteiger partial charge in [0.05, 0.1) is 73.2 Å². The van der Waals surface area contributed by atoms with E-state index in [-0.39, 0.29) is 59.5 Å². The SMILES string of the molecule is COC(=O)O[C@H]1C[C@H]2OC[C@@]2(OC(C)=O)C2[C@H](OC(=O)c3ccccc3)[C@]3(O)C[C@H](OC(=O)[C@H](C)[C@@H](NC(=O)OC(C)(C)C)c4cccs4)C(C)=C([C@@H](C)C(=O)[C@@]21C)C3(C)C.COC(=O)O[C@H]1C[C@H]2OC[C@@]2(OC(C)=O)C2[C@H](OC(=O)c3ccccc3)[C@]3(O)C[C@H](OC(=O)[C@H](O)[C@@H](NC(=O)OC(C)(C)C)c4cccs4)C(C)=C([C@@H](O)C(=O)[C@@]21C)C3(C)C.F. The molecule has 4 aromatic rings. The summed E-state index contributed by atoms with van der Waals surface area (Å²) in [5.74, 6) is -11.8. The van der Waals surface area contributed by atoms with Crippen molar-refractivity contribution in [2.24, 2.45) is 45.3 Å². The van der Waals surface area contributed by atoms with Crippen LogP contribution >= 0.6 is 22.7 Å². The Balaban J connectivity index is 0.000000255. The van der Waals surface area contributed by atoms with Crippen molar-refractivity contribution in [3.05, 3.63) is 139 Å². The lowest BCUT2D eigenvalue weighted by Gasteiger charge is -2.67. The first-order valence-corrected chi connectivity index (χ1v) is 42.0. The Labute approximate surface area is 719 Å². The molecule has 2 amide bonds. The quantitative estimate of drug-likeness (QED) is 0.0306. The van der Waals surface area contributed by atoms with E-state index >= 15 is 9.59 Å². The number of esters is 6. The third-order valence-electron chi connectivity index (χ3n) is 25.9. The van der Waals surface area contributed by atoms with Crippen molar-refractivity contribution >= 4 is 94.6 Å². The average molecular weight is 1760 g/mol. The van der Waals surface area contributed by atoms with Crippen LogP contribution in [0.2, 0.25) is 0 Å². The van der Waals surface area contributed by atoms with Gasteiger partial charge in [-0.15, -0.1) is 22.7 Å². The topological polar surface area (TPSA) is 439 Å². The first-order valence-electron chi connectivity index (χ1n) is 40.3. The van der Waals surface area contributed by atoms with E-state index in [1.165, 1.54) is 70.2 Å². The minimum atomic E-state index is -2.42.